The van der Waals surface area contributed by atoms with Gasteiger partial charge in [0.2, 0.25) is 0 Å². The van der Waals surface area contributed by atoms with Crippen LogP contribution in [0.3, 0.4) is 0 Å². The van der Waals surface area contributed by atoms with E-state index in [4.69, 9.17) is 4.74 Å². The number of ether oxygens (including phenoxy) is 1. The predicted octanol–water partition coefficient (Wildman–Crippen LogP) is 1.90. The third-order valence-corrected chi connectivity index (χ3v) is 3.28. The van der Waals surface area contributed by atoms with Gasteiger partial charge in [-0.25, -0.2) is 0 Å². The number of nitrogens with one attached hydrogen (secondary N) is 1. The van der Waals surface area contributed by atoms with E-state index in [-0.39, 0.29) is 5.54 Å². The molecule has 1 unspecified atom stereocenters. The van der Waals surface area contributed by atoms with E-state index >= 15 is 0 Å². The van der Waals surface area contributed by atoms with Crippen molar-refractivity contribution >= 4 is 5.78 Å². The molecule has 1 aliphatic heterocycles. The summed E-state index contributed by atoms with van der Waals surface area (Å²) in [5.74, 6) is 0.294. The van der Waals surface area contributed by atoms with Gasteiger partial charge >= 0.3 is 0 Å². The number of rotatable bonds is 6. The molecule has 1 aliphatic rings. The van der Waals surface area contributed by atoms with Crippen LogP contribution < -0.4 is 5.32 Å². The molecule has 0 bridgehead atoms. The molecule has 3 nitrogen and oxygen atoms in total. The van der Waals surface area contributed by atoms with Crippen LogP contribution in [0, 0.1) is 0 Å². The van der Waals surface area contributed by atoms with Crippen molar-refractivity contribution in [3.05, 3.63) is 0 Å². The van der Waals surface area contributed by atoms with Gasteiger partial charge in [-0.05, 0) is 46.6 Å². The summed E-state index contributed by atoms with van der Waals surface area (Å²) >= 11 is 0. The van der Waals surface area contributed by atoms with E-state index < -0.39 is 0 Å². The Morgan fingerprint density at radius 3 is 2.80 bits per heavy atom. The van der Waals surface area contributed by atoms with E-state index in [9.17, 15) is 4.79 Å². The van der Waals surface area contributed by atoms with Gasteiger partial charge in [0, 0.05) is 13.0 Å². The fourth-order valence-electron chi connectivity index (χ4n) is 1.81. The van der Waals surface area contributed by atoms with Crippen LogP contribution in [0.15, 0.2) is 0 Å². The van der Waals surface area contributed by atoms with Gasteiger partial charge in [0.1, 0.15) is 0 Å². The van der Waals surface area contributed by atoms with E-state index in [0.29, 0.717) is 18.3 Å². The number of ketones is 1. The lowest BCUT2D eigenvalue weighted by Crippen LogP contribution is -2.44. The van der Waals surface area contributed by atoms with E-state index in [1.807, 2.05) is 20.9 Å². The summed E-state index contributed by atoms with van der Waals surface area (Å²) in [7, 11) is 1.83. The molecule has 0 aromatic heterocycles. The third kappa shape index (κ3) is 3.92. The van der Waals surface area contributed by atoms with Gasteiger partial charge in [-0.2, -0.15) is 0 Å². The van der Waals surface area contributed by atoms with E-state index in [1.165, 1.54) is 12.8 Å². The highest BCUT2D eigenvalue weighted by atomic mass is 16.5. The first-order valence-electron chi connectivity index (χ1n) is 5.90. The molecule has 15 heavy (non-hydrogen) atoms. The van der Waals surface area contributed by atoms with Crippen molar-refractivity contribution in [1.82, 2.24) is 5.32 Å². The summed E-state index contributed by atoms with van der Waals surface area (Å²) in [6.45, 7) is 4.77. The third-order valence-electron chi connectivity index (χ3n) is 3.28. The van der Waals surface area contributed by atoms with Gasteiger partial charge in [-0.1, -0.05) is 0 Å². The Kier molecular flexibility index (Phi) is 4.74. The largest absolute Gasteiger partial charge is 0.378 e. The van der Waals surface area contributed by atoms with Crippen LogP contribution in [-0.4, -0.2) is 31.1 Å². The second-order valence-corrected chi connectivity index (χ2v) is 4.83. The minimum absolute atomic E-state index is 0.294. The van der Waals surface area contributed by atoms with Crippen molar-refractivity contribution in [2.24, 2.45) is 0 Å². The van der Waals surface area contributed by atoms with E-state index in [1.54, 1.807) is 0 Å². The number of hydrogen-bond acceptors (Lipinski definition) is 3. The number of carbonyl (C=O) groups is 1. The molecule has 0 aromatic carbocycles. The zero-order valence-electron chi connectivity index (χ0n) is 10.1. The summed E-state index contributed by atoms with van der Waals surface area (Å²) in [5, 5.41) is 3.04. The van der Waals surface area contributed by atoms with Gasteiger partial charge in [0.05, 0.1) is 11.6 Å². The molecule has 1 rings (SSSR count). The molecule has 0 radical (unpaired) electrons. The summed E-state index contributed by atoms with van der Waals surface area (Å²) in [4.78, 5) is 11.8. The average molecular weight is 213 g/mol. The molecular formula is C12H23NO2. The highest BCUT2D eigenvalue weighted by Crippen LogP contribution is 2.18. The monoisotopic (exact) mass is 213 g/mol. The zero-order valence-corrected chi connectivity index (χ0v) is 10.1. The number of carbonyl (C=O) groups excluding carboxylic acids is 1. The first kappa shape index (κ1) is 12.7. The summed E-state index contributed by atoms with van der Waals surface area (Å²) in [5.41, 5.74) is -0.378. The quantitative estimate of drug-likeness (QED) is 0.732. The second kappa shape index (κ2) is 5.61. The lowest BCUT2D eigenvalue weighted by Gasteiger charge is -2.22. The molecule has 0 aromatic rings. The lowest BCUT2D eigenvalue weighted by atomic mass is 9.94. The van der Waals surface area contributed by atoms with Crippen molar-refractivity contribution in [3.63, 3.8) is 0 Å². The Morgan fingerprint density at radius 2 is 2.27 bits per heavy atom. The molecule has 0 spiro atoms. The van der Waals surface area contributed by atoms with Gasteiger partial charge in [0.15, 0.2) is 5.78 Å². The Labute approximate surface area is 92.6 Å². The molecule has 1 heterocycles. The van der Waals surface area contributed by atoms with Gasteiger partial charge in [-0.3, -0.25) is 4.79 Å². The molecule has 1 atom stereocenters. The molecular weight excluding hydrogens is 190 g/mol. The topological polar surface area (TPSA) is 38.3 Å². The standard InChI is InChI=1S/C12H23NO2/c1-12(2,13-3)11(14)8-4-6-10-7-5-9-15-10/h10,13H,4-9H2,1-3H3. The van der Waals surface area contributed by atoms with E-state index in [0.717, 1.165) is 19.4 Å². The van der Waals surface area contributed by atoms with Gasteiger partial charge < -0.3 is 10.1 Å². The Morgan fingerprint density at radius 1 is 1.53 bits per heavy atom. The van der Waals surface area contributed by atoms with Gasteiger partial charge in [-0.15, -0.1) is 0 Å². The normalized spacial score (nSPS) is 21.9. The maximum absolute atomic E-state index is 11.8. The van der Waals surface area contributed by atoms with Crippen LogP contribution in [0.2, 0.25) is 0 Å². The highest BCUT2D eigenvalue weighted by molar-refractivity contribution is 5.87. The lowest BCUT2D eigenvalue weighted by molar-refractivity contribution is -0.124. The van der Waals surface area contributed by atoms with Crippen LogP contribution in [0.1, 0.15) is 46.0 Å². The molecule has 88 valence electrons. The van der Waals surface area contributed by atoms with Crippen LogP contribution in [0.25, 0.3) is 0 Å². The molecule has 0 amide bonds. The first-order chi connectivity index (χ1) is 7.06. The minimum Gasteiger partial charge on any atom is -0.378 e. The Hall–Kier alpha value is -0.410. The first-order valence-corrected chi connectivity index (χ1v) is 5.90. The van der Waals surface area contributed by atoms with Crippen molar-refractivity contribution in [2.75, 3.05) is 13.7 Å². The van der Waals surface area contributed by atoms with Crippen molar-refractivity contribution < 1.29 is 9.53 Å². The summed E-state index contributed by atoms with van der Waals surface area (Å²) in [6, 6.07) is 0. The summed E-state index contributed by atoms with van der Waals surface area (Å²) in [6.07, 6.45) is 5.41. The maximum Gasteiger partial charge on any atom is 0.152 e. The molecule has 3 heteroatoms. The van der Waals surface area contributed by atoms with Crippen LogP contribution in [-0.2, 0) is 9.53 Å². The smallest absolute Gasteiger partial charge is 0.152 e. The van der Waals surface area contributed by atoms with Crippen LogP contribution >= 0.6 is 0 Å². The molecule has 1 saturated heterocycles. The number of hydrogen-bond donors (Lipinski definition) is 1. The Balaban J connectivity index is 2.16. The fourth-order valence-corrected chi connectivity index (χ4v) is 1.81. The zero-order chi connectivity index (χ0) is 11.3. The molecule has 0 aliphatic carbocycles. The maximum atomic E-state index is 11.8. The Bertz CT molecular complexity index is 208. The van der Waals surface area contributed by atoms with Crippen LogP contribution in [0.4, 0.5) is 0 Å². The number of likely N-dealkylation sites (N-methyl/N-ethyl adjacent to an activating group) is 1. The average Bonchev–Trinajstić information content (AvgIpc) is 2.70. The molecule has 1 N–H and O–H groups in total. The van der Waals surface area contributed by atoms with Gasteiger partial charge in [0.25, 0.3) is 0 Å². The second-order valence-electron chi connectivity index (χ2n) is 4.83. The molecule has 1 fully saturated rings. The molecule has 0 saturated carbocycles. The van der Waals surface area contributed by atoms with E-state index in [2.05, 4.69) is 5.32 Å². The predicted molar refractivity (Wildman–Crippen MR) is 61.0 cm³/mol. The SMILES string of the molecule is CNC(C)(C)C(=O)CCCC1CCCO1. The van der Waals surface area contributed by atoms with Crippen molar-refractivity contribution in [3.8, 4) is 0 Å². The highest BCUT2D eigenvalue weighted by Gasteiger charge is 2.24. The number of Topliss-reactive ketones (excluding diaryl/α,β-unsaturated/α-hetero) is 1. The summed E-state index contributed by atoms with van der Waals surface area (Å²) < 4.78 is 5.52. The van der Waals surface area contributed by atoms with Crippen molar-refractivity contribution in [1.29, 1.82) is 0 Å². The fraction of sp³-hybridized carbons (Fsp3) is 0.917. The van der Waals surface area contributed by atoms with Crippen molar-refractivity contribution in [2.45, 2.75) is 57.6 Å². The minimum atomic E-state index is -0.378. The van der Waals surface area contributed by atoms with Crippen LogP contribution in [0.5, 0.6) is 0 Å².